The molecule has 0 spiro atoms. The van der Waals surface area contributed by atoms with Crippen LogP contribution in [0.2, 0.25) is 5.02 Å². The summed E-state index contributed by atoms with van der Waals surface area (Å²) >= 11 is 5.95. The van der Waals surface area contributed by atoms with Gasteiger partial charge in [-0.05, 0) is 18.2 Å². The van der Waals surface area contributed by atoms with E-state index in [0.29, 0.717) is 16.5 Å². The lowest BCUT2D eigenvalue weighted by atomic mass is 10.1. The maximum absolute atomic E-state index is 5.95. The zero-order chi connectivity index (χ0) is 9.26. The third-order valence-electron chi connectivity index (χ3n) is 1.70. The molecule has 0 fully saturated rings. The van der Waals surface area contributed by atoms with Gasteiger partial charge in [0.1, 0.15) is 0 Å². The Morgan fingerprint density at radius 3 is 2.77 bits per heavy atom. The van der Waals surface area contributed by atoms with Gasteiger partial charge in [0.25, 0.3) is 0 Å². The molecule has 0 aliphatic heterocycles. The van der Waals surface area contributed by atoms with Crippen LogP contribution in [-0.2, 0) is 0 Å². The second-order valence-corrected chi connectivity index (χ2v) is 3.02. The Morgan fingerprint density at radius 1 is 1.31 bits per heavy atom. The Bertz CT molecular complexity index is 412. The highest BCUT2D eigenvalue weighted by Gasteiger charge is 2.06. The van der Waals surface area contributed by atoms with Crippen molar-refractivity contribution in [1.29, 1.82) is 0 Å². The molecule has 13 heavy (non-hydrogen) atoms. The second kappa shape index (κ2) is 3.11. The molecule has 4 heteroatoms. The molecule has 0 aliphatic carbocycles. The van der Waals surface area contributed by atoms with Crippen LogP contribution in [-0.4, -0.2) is 5.16 Å². The minimum absolute atomic E-state index is 0.566. The van der Waals surface area contributed by atoms with Crippen molar-refractivity contribution in [2.75, 3.05) is 5.73 Å². The van der Waals surface area contributed by atoms with Crippen molar-refractivity contribution in [3.8, 4) is 11.3 Å². The summed E-state index contributed by atoms with van der Waals surface area (Å²) < 4.78 is 4.96. The summed E-state index contributed by atoms with van der Waals surface area (Å²) in [4.78, 5) is 0. The molecule has 2 N–H and O–H groups in total. The molecule has 0 saturated heterocycles. The summed E-state index contributed by atoms with van der Waals surface area (Å²) in [6.07, 6.45) is 1.57. The molecule has 0 aliphatic rings. The van der Waals surface area contributed by atoms with Crippen LogP contribution in [0.3, 0.4) is 0 Å². The molecule has 0 saturated carbocycles. The molecule has 0 unspecified atom stereocenters. The fraction of sp³-hybridized carbons (Fsp3) is 0. The van der Waals surface area contributed by atoms with E-state index in [4.69, 9.17) is 21.9 Å². The smallest absolute Gasteiger partial charge is 0.168 e. The molecule has 1 aromatic heterocycles. The number of rotatable bonds is 1. The Kier molecular flexibility index (Phi) is 1.94. The van der Waals surface area contributed by atoms with Gasteiger partial charge < -0.3 is 10.3 Å². The maximum atomic E-state index is 5.95. The van der Waals surface area contributed by atoms with Crippen LogP contribution in [0.15, 0.2) is 35.0 Å². The highest BCUT2D eigenvalue weighted by molar-refractivity contribution is 6.33. The predicted molar refractivity (Wildman–Crippen MR) is 51.4 cm³/mol. The van der Waals surface area contributed by atoms with Gasteiger partial charge in [-0.25, -0.2) is 0 Å². The van der Waals surface area contributed by atoms with Crippen LogP contribution >= 0.6 is 11.6 Å². The fourth-order valence-electron chi connectivity index (χ4n) is 1.09. The average Bonchev–Trinajstić information content (AvgIpc) is 2.56. The number of hydrogen-bond donors (Lipinski definition) is 1. The van der Waals surface area contributed by atoms with Crippen molar-refractivity contribution in [2.45, 2.75) is 0 Å². The fourth-order valence-corrected chi connectivity index (χ4v) is 1.37. The van der Waals surface area contributed by atoms with Crippen molar-refractivity contribution >= 4 is 17.3 Å². The van der Waals surface area contributed by atoms with Gasteiger partial charge >= 0.3 is 0 Å². The first-order valence-electron chi connectivity index (χ1n) is 3.73. The minimum Gasteiger partial charge on any atom is -0.399 e. The average molecular weight is 195 g/mol. The molecule has 66 valence electrons. The van der Waals surface area contributed by atoms with E-state index in [1.807, 2.05) is 0 Å². The summed E-state index contributed by atoms with van der Waals surface area (Å²) in [6.45, 7) is 0. The van der Waals surface area contributed by atoms with Crippen LogP contribution in [0.5, 0.6) is 0 Å². The third-order valence-corrected chi connectivity index (χ3v) is 2.01. The summed E-state index contributed by atoms with van der Waals surface area (Å²) in [5, 5.41) is 4.16. The summed E-state index contributed by atoms with van der Waals surface area (Å²) in [7, 11) is 0. The summed E-state index contributed by atoms with van der Waals surface area (Å²) in [6, 6.07) is 7.00. The SMILES string of the molecule is Nc1ccc(-c2ccno2)c(Cl)c1. The quantitative estimate of drug-likeness (QED) is 0.710. The third kappa shape index (κ3) is 1.51. The van der Waals surface area contributed by atoms with E-state index in [2.05, 4.69) is 5.16 Å². The van der Waals surface area contributed by atoms with Crippen molar-refractivity contribution in [2.24, 2.45) is 0 Å². The lowest BCUT2D eigenvalue weighted by Crippen LogP contribution is -1.84. The van der Waals surface area contributed by atoms with Gasteiger partial charge in [0.05, 0.1) is 11.2 Å². The molecule has 0 bridgehead atoms. The lowest BCUT2D eigenvalue weighted by molar-refractivity contribution is 0.432. The zero-order valence-corrected chi connectivity index (χ0v) is 7.45. The highest BCUT2D eigenvalue weighted by Crippen LogP contribution is 2.28. The predicted octanol–water partition coefficient (Wildman–Crippen LogP) is 2.58. The normalized spacial score (nSPS) is 10.2. The molecular weight excluding hydrogens is 188 g/mol. The first-order valence-corrected chi connectivity index (χ1v) is 4.11. The number of halogens is 1. The molecular formula is C9H7ClN2O. The topological polar surface area (TPSA) is 52.0 Å². The van der Waals surface area contributed by atoms with Crippen molar-refractivity contribution in [3.63, 3.8) is 0 Å². The van der Waals surface area contributed by atoms with Crippen LogP contribution in [0.4, 0.5) is 5.69 Å². The lowest BCUT2D eigenvalue weighted by Gasteiger charge is -1.99. The Morgan fingerprint density at radius 2 is 2.15 bits per heavy atom. The van der Waals surface area contributed by atoms with Gasteiger partial charge in [-0.2, -0.15) is 0 Å². The molecule has 2 rings (SSSR count). The number of nitrogen functional groups attached to an aromatic ring is 1. The van der Waals surface area contributed by atoms with Crippen molar-refractivity contribution < 1.29 is 4.52 Å². The Balaban J connectivity index is 2.53. The maximum Gasteiger partial charge on any atom is 0.168 e. The van der Waals surface area contributed by atoms with E-state index in [1.54, 1.807) is 30.5 Å². The van der Waals surface area contributed by atoms with Gasteiger partial charge in [-0.1, -0.05) is 16.8 Å². The molecule has 2 aromatic rings. The Labute approximate surface area is 80.1 Å². The van der Waals surface area contributed by atoms with Crippen LogP contribution in [0.1, 0.15) is 0 Å². The van der Waals surface area contributed by atoms with Crippen LogP contribution in [0, 0.1) is 0 Å². The van der Waals surface area contributed by atoms with Crippen LogP contribution < -0.4 is 5.73 Å². The van der Waals surface area contributed by atoms with Gasteiger partial charge in [-0.15, -0.1) is 0 Å². The highest BCUT2D eigenvalue weighted by atomic mass is 35.5. The van der Waals surface area contributed by atoms with E-state index in [1.165, 1.54) is 0 Å². The minimum atomic E-state index is 0.566. The van der Waals surface area contributed by atoms with Crippen molar-refractivity contribution in [1.82, 2.24) is 5.16 Å². The van der Waals surface area contributed by atoms with Gasteiger partial charge in [-0.3, -0.25) is 0 Å². The first-order chi connectivity index (χ1) is 6.27. The molecule has 1 heterocycles. The number of nitrogens with two attached hydrogens (primary N) is 1. The molecule has 0 amide bonds. The molecule has 0 radical (unpaired) electrons. The van der Waals surface area contributed by atoms with Gasteiger partial charge in [0.2, 0.25) is 0 Å². The number of hydrogen-bond acceptors (Lipinski definition) is 3. The molecule has 3 nitrogen and oxygen atoms in total. The number of nitrogens with zero attached hydrogens (tertiary/aromatic N) is 1. The summed E-state index contributed by atoms with van der Waals surface area (Å²) in [5.74, 6) is 0.644. The van der Waals surface area contributed by atoms with E-state index in [-0.39, 0.29) is 0 Å². The van der Waals surface area contributed by atoms with Crippen molar-refractivity contribution in [3.05, 3.63) is 35.5 Å². The number of aromatic nitrogens is 1. The second-order valence-electron chi connectivity index (χ2n) is 2.62. The van der Waals surface area contributed by atoms with E-state index in [0.717, 1.165) is 5.56 Å². The van der Waals surface area contributed by atoms with E-state index < -0.39 is 0 Å². The van der Waals surface area contributed by atoms with Gasteiger partial charge in [0, 0.05) is 17.3 Å². The zero-order valence-electron chi connectivity index (χ0n) is 6.70. The monoisotopic (exact) mass is 194 g/mol. The largest absolute Gasteiger partial charge is 0.399 e. The van der Waals surface area contributed by atoms with E-state index in [9.17, 15) is 0 Å². The van der Waals surface area contributed by atoms with Crippen LogP contribution in [0.25, 0.3) is 11.3 Å². The number of benzene rings is 1. The number of anilines is 1. The first kappa shape index (κ1) is 8.13. The Hall–Kier alpha value is -1.48. The van der Waals surface area contributed by atoms with Gasteiger partial charge in [0.15, 0.2) is 5.76 Å². The summed E-state index contributed by atoms with van der Waals surface area (Å²) in [5.41, 5.74) is 6.98. The van der Waals surface area contributed by atoms with E-state index >= 15 is 0 Å². The molecule has 1 aromatic carbocycles. The molecule has 0 atom stereocenters. The standard InChI is InChI=1S/C9H7ClN2O/c10-8-5-6(11)1-2-7(8)9-3-4-12-13-9/h1-5H,11H2.